The summed E-state index contributed by atoms with van der Waals surface area (Å²) in [4.78, 5) is 1.38. The molecule has 0 saturated carbocycles. The molecule has 0 aliphatic rings. The maximum Gasteiger partial charge on any atom is 0.261 e. The van der Waals surface area contributed by atoms with Gasteiger partial charge in [0.1, 0.15) is 0 Å². The predicted octanol–water partition coefficient (Wildman–Crippen LogP) is 4.38. The highest BCUT2D eigenvalue weighted by molar-refractivity contribution is 8.00. The van der Waals surface area contributed by atoms with Crippen molar-refractivity contribution in [3.63, 3.8) is 0 Å². The van der Waals surface area contributed by atoms with Crippen LogP contribution in [-0.4, -0.2) is 13.2 Å². The van der Waals surface area contributed by atoms with Crippen molar-refractivity contribution in [1.29, 1.82) is 0 Å². The van der Waals surface area contributed by atoms with Crippen LogP contribution in [0, 0.1) is 0 Å². The molecule has 0 saturated heterocycles. The molecule has 0 radical (unpaired) electrons. The summed E-state index contributed by atoms with van der Waals surface area (Å²) in [5.41, 5.74) is 0.567. The molecule has 5 heteroatoms. The van der Waals surface area contributed by atoms with E-state index in [0.717, 1.165) is 4.90 Å². The quantitative estimate of drug-likeness (QED) is 0.850. The summed E-state index contributed by atoms with van der Waals surface area (Å²) in [5, 5.41) is 0. The van der Waals surface area contributed by atoms with Crippen LogP contribution < -0.4 is 4.72 Å². The second kappa shape index (κ2) is 6.12. The molecule has 0 atom stereocenters. The van der Waals surface area contributed by atoms with Gasteiger partial charge in [0.2, 0.25) is 0 Å². The molecular formula is C16H19NO2S2. The van der Waals surface area contributed by atoms with E-state index in [-0.39, 0.29) is 9.64 Å². The van der Waals surface area contributed by atoms with Gasteiger partial charge in [-0.25, -0.2) is 8.42 Å². The van der Waals surface area contributed by atoms with Crippen molar-refractivity contribution in [3.8, 4) is 0 Å². The summed E-state index contributed by atoms with van der Waals surface area (Å²) in [7, 11) is -3.52. The van der Waals surface area contributed by atoms with Crippen LogP contribution in [0.5, 0.6) is 0 Å². The van der Waals surface area contributed by atoms with E-state index in [0.29, 0.717) is 5.69 Å². The number of sulfonamides is 1. The molecule has 0 heterocycles. The number of hydrogen-bond acceptors (Lipinski definition) is 3. The lowest BCUT2D eigenvalue weighted by molar-refractivity contribution is 0.601. The van der Waals surface area contributed by atoms with E-state index in [4.69, 9.17) is 0 Å². The van der Waals surface area contributed by atoms with Crippen molar-refractivity contribution in [3.05, 3.63) is 54.6 Å². The SMILES string of the molecule is CC(C)(C)Sc1ccc(NS(=O)(=O)c2ccccc2)cc1. The van der Waals surface area contributed by atoms with Crippen molar-refractivity contribution >= 4 is 27.5 Å². The monoisotopic (exact) mass is 321 g/mol. The Kier molecular flexibility index (Phi) is 4.64. The zero-order chi connectivity index (χ0) is 15.5. The van der Waals surface area contributed by atoms with Gasteiger partial charge in [-0.15, -0.1) is 11.8 Å². The summed E-state index contributed by atoms with van der Waals surface area (Å²) in [6.07, 6.45) is 0. The first-order chi connectivity index (χ1) is 9.76. The average Bonchev–Trinajstić information content (AvgIpc) is 2.40. The molecule has 0 fully saturated rings. The molecule has 2 rings (SSSR count). The van der Waals surface area contributed by atoms with Crippen LogP contribution in [0.1, 0.15) is 20.8 Å². The van der Waals surface area contributed by atoms with Gasteiger partial charge in [-0.2, -0.15) is 0 Å². The number of thioether (sulfide) groups is 1. The molecule has 1 N–H and O–H groups in total. The maximum atomic E-state index is 12.2. The third-order valence-electron chi connectivity index (χ3n) is 2.58. The Morgan fingerprint density at radius 1 is 0.905 bits per heavy atom. The van der Waals surface area contributed by atoms with Gasteiger partial charge < -0.3 is 0 Å². The molecule has 0 aromatic heterocycles. The predicted molar refractivity (Wildman–Crippen MR) is 89.3 cm³/mol. The highest BCUT2D eigenvalue weighted by atomic mass is 32.2. The standard InChI is InChI=1S/C16H19NO2S2/c1-16(2,3)20-14-11-9-13(10-12-14)17-21(18,19)15-7-5-4-6-8-15/h4-12,17H,1-3H3. The van der Waals surface area contributed by atoms with E-state index in [2.05, 4.69) is 25.5 Å². The molecule has 2 aromatic rings. The fourth-order valence-corrected chi connectivity index (χ4v) is 3.82. The lowest BCUT2D eigenvalue weighted by Crippen LogP contribution is -2.12. The summed E-state index contributed by atoms with van der Waals surface area (Å²) >= 11 is 1.75. The molecule has 0 amide bonds. The number of anilines is 1. The summed E-state index contributed by atoms with van der Waals surface area (Å²) in [6.45, 7) is 6.43. The minimum Gasteiger partial charge on any atom is -0.280 e. The Morgan fingerprint density at radius 3 is 2.00 bits per heavy atom. The van der Waals surface area contributed by atoms with E-state index in [1.54, 1.807) is 54.2 Å². The van der Waals surface area contributed by atoms with Gasteiger partial charge in [-0.1, -0.05) is 39.0 Å². The lowest BCUT2D eigenvalue weighted by Gasteiger charge is -2.17. The molecule has 0 unspecified atom stereocenters. The smallest absolute Gasteiger partial charge is 0.261 e. The van der Waals surface area contributed by atoms with Crippen molar-refractivity contribution < 1.29 is 8.42 Å². The molecule has 2 aromatic carbocycles. The van der Waals surface area contributed by atoms with Gasteiger partial charge in [0.15, 0.2) is 0 Å². The van der Waals surface area contributed by atoms with Gasteiger partial charge in [-0.05, 0) is 36.4 Å². The number of rotatable bonds is 4. The van der Waals surface area contributed by atoms with Crippen LogP contribution >= 0.6 is 11.8 Å². The van der Waals surface area contributed by atoms with E-state index < -0.39 is 10.0 Å². The number of hydrogen-bond donors (Lipinski definition) is 1. The molecule has 21 heavy (non-hydrogen) atoms. The third-order valence-corrected chi connectivity index (χ3v) is 5.10. The van der Waals surface area contributed by atoms with Gasteiger partial charge in [0.05, 0.1) is 4.90 Å². The van der Waals surface area contributed by atoms with E-state index in [1.807, 2.05) is 12.1 Å². The van der Waals surface area contributed by atoms with E-state index in [1.165, 1.54) is 0 Å². The highest BCUT2D eigenvalue weighted by Gasteiger charge is 2.14. The molecule has 0 bridgehead atoms. The molecular weight excluding hydrogens is 302 g/mol. The van der Waals surface area contributed by atoms with Crippen LogP contribution in [0.2, 0.25) is 0 Å². The molecule has 112 valence electrons. The molecule has 0 aliphatic heterocycles. The first-order valence-electron chi connectivity index (χ1n) is 6.63. The highest BCUT2D eigenvalue weighted by Crippen LogP contribution is 2.32. The Hall–Kier alpha value is -1.46. The van der Waals surface area contributed by atoms with Gasteiger partial charge in [0.25, 0.3) is 10.0 Å². The average molecular weight is 321 g/mol. The number of benzene rings is 2. The summed E-state index contributed by atoms with van der Waals surface area (Å²) in [5.74, 6) is 0. The van der Waals surface area contributed by atoms with E-state index in [9.17, 15) is 8.42 Å². The maximum absolute atomic E-state index is 12.2. The van der Waals surface area contributed by atoms with Crippen LogP contribution in [0.4, 0.5) is 5.69 Å². The topological polar surface area (TPSA) is 46.2 Å². The Bertz CT molecular complexity index is 687. The van der Waals surface area contributed by atoms with E-state index >= 15 is 0 Å². The van der Waals surface area contributed by atoms with Crippen molar-refractivity contribution in [1.82, 2.24) is 0 Å². The van der Waals surface area contributed by atoms with Gasteiger partial charge >= 0.3 is 0 Å². The molecule has 0 spiro atoms. The Morgan fingerprint density at radius 2 is 1.48 bits per heavy atom. The second-order valence-corrected chi connectivity index (χ2v) is 9.24. The normalized spacial score (nSPS) is 12.1. The summed E-state index contributed by atoms with van der Waals surface area (Å²) in [6, 6.07) is 15.8. The zero-order valence-corrected chi connectivity index (χ0v) is 14.0. The molecule has 3 nitrogen and oxygen atoms in total. The van der Waals surface area contributed by atoms with Crippen LogP contribution in [0.3, 0.4) is 0 Å². The fourth-order valence-electron chi connectivity index (χ4n) is 1.76. The first kappa shape index (κ1) is 15.9. The lowest BCUT2D eigenvalue weighted by atomic mass is 10.3. The Labute approximate surface area is 130 Å². The third kappa shape index (κ3) is 4.79. The minimum absolute atomic E-state index is 0.130. The number of nitrogens with one attached hydrogen (secondary N) is 1. The van der Waals surface area contributed by atoms with Crippen molar-refractivity contribution in [2.75, 3.05) is 4.72 Å². The minimum atomic E-state index is -3.52. The zero-order valence-electron chi connectivity index (χ0n) is 12.3. The second-order valence-electron chi connectivity index (χ2n) is 5.66. The molecule has 0 aliphatic carbocycles. The largest absolute Gasteiger partial charge is 0.280 e. The fraction of sp³-hybridized carbons (Fsp3) is 0.250. The van der Waals surface area contributed by atoms with Gasteiger partial charge in [0, 0.05) is 15.3 Å². The first-order valence-corrected chi connectivity index (χ1v) is 8.93. The van der Waals surface area contributed by atoms with Crippen LogP contribution in [0.15, 0.2) is 64.4 Å². The summed E-state index contributed by atoms with van der Waals surface area (Å²) < 4.78 is 27.1. The van der Waals surface area contributed by atoms with Crippen molar-refractivity contribution in [2.24, 2.45) is 0 Å². The Balaban J connectivity index is 2.14. The van der Waals surface area contributed by atoms with Crippen molar-refractivity contribution in [2.45, 2.75) is 35.3 Å². The van der Waals surface area contributed by atoms with Gasteiger partial charge in [-0.3, -0.25) is 4.72 Å². The van der Waals surface area contributed by atoms with Crippen LogP contribution in [0.25, 0.3) is 0 Å². The van der Waals surface area contributed by atoms with Crippen LogP contribution in [-0.2, 0) is 10.0 Å².